The maximum atomic E-state index is 13.9. The molecule has 0 radical (unpaired) electrons. The fraction of sp³-hybridized carbons (Fsp3) is 0.190. The summed E-state index contributed by atoms with van der Waals surface area (Å²) in [4.78, 5) is 27.7. The Kier molecular flexibility index (Phi) is 6.99. The van der Waals surface area contributed by atoms with Crippen molar-refractivity contribution in [2.75, 3.05) is 14.2 Å². The number of rotatable bonds is 5. The summed E-state index contributed by atoms with van der Waals surface area (Å²) < 4.78 is 20.0. The molecule has 0 spiro atoms. The van der Waals surface area contributed by atoms with Gasteiger partial charge in [0.05, 0.1) is 19.9 Å². The second-order valence-electron chi connectivity index (χ2n) is 12.8. The van der Waals surface area contributed by atoms with Crippen LogP contribution in [0.5, 0.6) is 0 Å². The van der Waals surface area contributed by atoms with Gasteiger partial charge in [-0.25, -0.2) is 0 Å². The van der Waals surface area contributed by atoms with Crippen molar-refractivity contribution in [2.24, 2.45) is 12.5 Å². The first-order chi connectivity index (χ1) is 23.4. The van der Waals surface area contributed by atoms with Crippen LogP contribution in [0.15, 0.2) is 114 Å². The van der Waals surface area contributed by atoms with E-state index in [-0.39, 0.29) is 18.8 Å². The molecule has 238 valence electrons. The second-order valence-corrected chi connectivity index (χ2v) is 12.8. The minimum Gasteiger partial charge on any atom is -0.468 e. The van der Waals surface area contributed by atoms with E-state index in [4.69, 9.17) is 13.9 Å². The smallest absolute Gasteiger partial charge is 0.324 e. The van der Waals surface area contributed by atoms with Crippen molar-refractivity contribution in [1.29, 1.82) is 0 Å². The summed E-state index contributed by atoms with van der Waals surface area (Å²) in [7, 11) is 4.75. The SMILES string of the molecule is COC(=O)C1(C(=O)OC)CC2=C(c3ccccc3)c3c(c4ccc(C)cc4n3C)C(c3ccccc3)c3c(-c4ccccc4)oc(c32)C1. The van der Waals surface area contributed by atoms with Gasteiger partial charge in [0, 0.05) is 59.0 Å². The molecule has 6 heteroatoms. The van der Waals surface area contributed by atoms with Gasteiger partial charge >= 0.3 is 11.9 Å². The van der Waals surface area contributed by atoms with Gasteiger partial charge in [0.15, 0.2) is 5.41 Å². The van der Waals surface area contributed by atoms with E-state index >= 15 is 0 Å². The quantitative estimate of drug-likeness (QED) is 0.141. The monoisotopic (exact) mass is 633 g/mol. The number of fused-ring (bicyclic) bond motifs is 3. The number of aryl methyl sites for hydroxylation is 2. The minimum atomic E-state index is -1.64. The van der Waals surface area contributed by atoms with Gasteiger partial charge in [-0.15, -0.1) is 0 Å². The number of nitrogens with zero attached hydrogens (tertiary/aromatic N) is 1. The van der Waals surface area contributed by atoms with E-state index in [2.05, 4.69) is 85.3 Å². The molecule has 2 heterocycles. The van der Waals surface area contributed by atoms with Crippen molar-refractivity contribution >= 4 is 34.0 Å². The maximum Gasteiger partial charge on any atom is 0.324 e. The summed E-state index contributed by atoms with van der Waals surface area (Å²) in [6.07, 6.45) is 0.108. The number of allylic oxidation sites excluding steroid dienone is 1. The number of aromatic nitrogens is 1. The Morgan fingerprint density at radius 3 is 2.00 bits per heavy atom. The second kappa shape index (κ2) is 11.3. The van der Waals surface area contributed by atoms with Crippen LogP contribution in [0.2, 0.25) is 0 Å². The Morgan fingerprint density at radius 2 is 1.38 bits per heavy atom. The molecule has 2 aromatic heterocycles. The van der Waals surface area contributed by atoms with Gasteiger partial charge in [0.1, 0.15) is 11.5 Å². The molecule has 0 bridgehead atoms. The van der Waals surface area contributed by atoms with Gasteiger partial charge in [-0.05, 0) is 40.8 Å². The third-order valence-electron chi connectivity index (χ3n) is 10.2. The lowest BCUT2D eigenvalue weighted by Crippen LogP contribution is -2.45. The standard InChI is InChI=1S/C42H35NO5/c1-25-20-21-29-31(22-25)43(2)38-33(26-14-8-5-9-15-26)30-23-42(40(44)46-3,41(45)47-4)24-32-35(30)37(39(48-32)28-18-12-7-13-19-28)34(36(29)38)27-16-10-6-11-17-27/h5-22,34H,23-24H2,1-4H3. The van der Waals surface area contributed by atoms with E-state index in [0.717, 1.165) is 72.4 Å². The molecule has 0 aliphatic heterocycles. The molecule has 0 saturated heterocycles. The predicted molar refractivity (Wildman–Crippen MR) is 186 cm³/mol. The molecule has 6 nitrogen and oxygen atoms in total. The van der Waals surface area contributed by atoms with E-state index in [1.807, 2.05) is 42.5 Å². The number of benzene rings is 4. The summed E-state index contributed by atoms with van der Waals surface area (Å²) >= 11 is 0. The largest absolute Gasteiger partial charge is 0.468 e. The summed E-state index contributed by atoms with van der Waals surface area (Å²) in [5.74, 6) is -0.216. The number of hydrogen-bond acceptors (Lipinski definition) is 5. The van der Waals surface area contributed by atoms with E-state index < -0.39 is 17.4 Å². The predicted octanol–water partition coefficient (Wildman–Crippen LogP) is 8.48. The number of esters is 2. The number of carbonyl (C=O) groups excluding carboxylic acids is 2. The fourth-order valence-corrected chi connectivity index (χ4v) is 8.08. The number of furan rings is 1. The molecule has 4 aromatic carbocycles. The number of methoxy groups -OCH3 is 2. The highest BCUT2D eigenvalue weighted by atomic mass is 16.5. The molecular weight excluding hydrogens is 598 g/mol. The normalized spacial score (nSPS) is 16.2. The summed E-state index contributed by atoms with van der Waals surface area (Å²) in [5.41, 5.74) is 9.64. The molecule has 6 aromatic rings. The molecule has 1 atom stereocenters. The van der Waals surface area contributed by atoms with Crippen LogP contribution in [0, 0.1) is 12.3 Å². The zero-order valence-electron chi connectivity index (χ0n) is 27.4. The molecule has 0 N–H and O–H groups in total. The lowest BCUT2D eigenvalue weighted by Gasteiger charge is -2.33. The van der Waals surface area contributed by atoms with Crippen molar-refractivity contribution in [3.05, 3.63) is 154 Å². The third-order valence-corrected chi connectivity index (χ3v) is 10.2. The Morgan fingerprint density at radius 1 is 0.771 bits per heavy atom. The molecule has 0 amide bonds. The number of carbonyl (C=O) groups is 2. The number of ether oxygens (including phenoxy) is 2. The van der Waals surface area contributed by atoms with Crippen LogP contribution >= 0.6 is 0 Å². The van der Waals surface area contributed by atoms with Crippen LogP contribution in [0.1, 0.15) is 57.2 Å². The molecule has 48 heavy (non-hydrogen) atoms. The van der Waals surface area contributed by atoms with Crippen LogP contribution in [0.3, 0.4) is 0 Å². The van der Waals surface area contributed by atoms with E-state index in [1.54, 1.807) is 0 Å². The van der Waals surface area contributed by atoms with E-state index in [1.165, 1.54) is 14.2 Å². The molecule has 2 aliphatic rings. The first kappa shape index (κ1) is 29.8. The van der Waals surface area contributed by atoms with Crippen molar-refractivity contribution in [3.8, 4) is 11.3 Å². The van der Waals surface area contributed by atoms with Crippen LogP contribution in [0.4, 0.5) is 0 Å². The highest BCUT2D eigenvalue weighted by molar-refractivity contribution is 6.11. The summed E-state index contributed by atoms with van der Waals surface area (Å²) in [5, 5.41) is 1.14. The average Bonchev–Trinajstić information content (AvgIpc) is 3.59. The van der Waals surface area contributed by atoms with Gasteiger partial charge in [0.25, 0.3) is 0 Å². The first-order valence-electron chi connectivity index (χ1n) is 16.2. The Bertz CT molecular complexity index is 2240. The molecule has 0 saturated carbocycles. The van der Waals surface area contributed by atoms with Crippen LogP contribution in [-0.4, -0.2) is 30.7 Å². The topological polar surface area (TPSA) is 70.7 Å². The highest BCUT2D eigenvalue weighted by Crippen LogP contribution is 2.59. The van der Waals surface area contributed by atoms with Crippen molar-refractivity contribution in [1.82, 2.24) is 4.57 Å². The molecule has 0 fully saturated rings. The molecular formula is C42H35NO5. The molecule has 1 unspecified atom stereocenters. The van der Waals surface area contributed by atoms with Gasteiger partial charge in [0.2, 0.25) is 0 Å². The molecule has 8 rings (SSSR count). The van der Waals surface area contributed by atoms with Gasteiger partial charge in [-0.3, -0.25) is 9.59 Å². The Hall–Kier alpha value is -5.62. The zero-order chi connectivity index (χ0) is 33.2. The van der Waals surface area contributed by atoms with Crippen LogP contribution in [-0.2, 0) is 32.5 Å². The van der Waals surface area contributed by atoms with Gasteiger partial charge in [-0.1, -0.05) is 103 Å². The van der Waals surface area contributed by atoms with Crippen molar-refractivity contribution in [3.63, 3.8) is 0 Å². The number of hydrogen-bond donors (Lipinski definition) is 0. The van der Waals surface area contributed by atoms with Gasteiger partial charge in [-0.2, -0.15) is 0 Å². The van der Waals surface area contributed by atoms with Crippen molar-refractivity contribution < 1.29 is 23.5 Å². The van der Waals surface area contributed by atoms with Crippen molar-refractivity contribution in [2.45, 2.75) is 25.7 Å². The lowest BCUT2D eigenvalue weighted by atomic mass is 9.68. The van der Waals surface area contributed by atoms with E-state index in [0.29, 0.717) is 5.76 Å². The average molecular weight is 634 g/mol. The van der Waals surface area contributed by atoms with Gasteiger partial charge < -0.3 is 18.5 Å². The van der Waals surface area contributed by atoms with Crippen LogP contribution < -0.4 is 0 Å². The fourth-order valence-electron chi connectivity index (χ4n) is 8.08. The lowest BCUT2D eigenvalue weighted by molar-refractivity contribution is -0.169. The summed E-state index contributed by atoms with van der Waals surface area (Å²) in [6.45, 7) is 2.11. The maximum absolute atomic E-state index is 13.9. The molecule has 2 aliphatic carbocycles. The Balaban J connectivity index is 1.63. The van der Waals surface area contributed by atoms with E-state index in [9.17, 15) is 9.59 Å². The zero-order valence-corrected chi connectivity index (χ0v) is 27.4. The van der Waals surface area contributed by atoms with Crippen LogP contribution in [0.25, 0.3) is 33.4 Å². The Labute approximate surface area is 279 Å². The minimum absolute atomic E-state index is 0.0187. The first-order valence-corrected chi connectivity index (χ1v) is 16.2. The summed E-state index contributed by atoms with van der Waals surface area (Å²) in [6, 6.07) is 37.5. The highest BCUT2D eigenvalue weighted by Gasteiger charge is 2.56. The third kappa shape index (κ3) is 4.25.